The first-order valence-electron chi connectivity index (χ1n) is 8.76. The normalized spacial score (nSPS) is 11.5. The van der Waals surface area contributed by atoms with Crippen molar-refractivity contribution in [3.05, 3.63) is 59.9 Å². The van der Waals surface area contributed by atoms with E-state index in [0.29, 0.717) is 25.2 Å². The number of rotatable bonds is 9. The molecular weight excluding hydrogens is 350 g/mol. The zero-order valence-corrected chi connectivity index (χ0v) is 16.0. The Bertz CT molecular complexity index is 817. The van der Waals surface area contributed by atoms with Gasteiger partial charge in [0.05, 0.1) is 4.90 Å². The number of benzene rings is 1. The van der Waals surface area contributed by atoms with E-state index in [1.165, 1.54) is 16.4 Å². The van der Waals surface area contributed by atoms with Gasteiger partial charge in [-0.3, -0.25) is 9.78 Å². The number of sulfonamides is 1. The Balaban J connectivity index is 2.16. The lowest BCUT2D eigenvalue weighted by Gasteiger charge is -2.21. The van der Waals surface area contributed by atoms with E-state index in [4.69, 9.17) is 0 Å². The molecule has 1 amide bonds. The van der Waals surface area contributed by atoms with Crippen LogP contribution in [0.15, 0.2) is 53.7 Å². The lowest BCUT2D eigenvalue weighted by molar-refractivity contribution is 0.0950. The molecular formula is C19H25N3O3S. The summed E-state index contributed by atoms with van der Waals surface area (Å²) < 4.78 is 27.2. The summed E-state index contributed by atoms with van der Waals surface area (Å²) in [6, 6.07) is 9.82. The Hall–Kier alpha value is -2.25. The third kappa shape index (κ3) is 5.12. The van der Waals surface area contributed by atoms with Crippen molar-refractivity contribution in [2.45, 2.75) is 38.1 Å². The number of nitrogens with zero attached hydrogens (tertiary/aromatic N) is 2. The van der Waals surface area contributed by atoms with Gasteiger partial charge in [-0.2, -0.15) is 4.31 Å². The zero-order valence-electron chi connectivity index (χ0n) is 15.2. The lowest BCUT2D eigenvalue weighted by Crippen LogP contribution is -2.32. The van der Waals surface area contributed by atoms with Crippen molar-refractivity contribution in [1.29, 1.82) is 0 Å². The fourth-order valence-corrected chi connectivity index (χ4v) is 4.25. The Labute approximate surface area is 155 Å². The van der Waals surface area contributed by atoms with Crippen LogP contribution in [0.3, 0.4) is 0 Å². The van der Waals surface area contributed by atoms with Crippen LogP contribution in [0.4, 0.5) is 0 Å². The summed E-state index contributed by atoms with van der Waals surface area (Å²) in [5.41, 5.74) is 1.25. The first-order valence-corrected chi connectivity index (χ1v) is 10.2. The van der Waals surface area contributed by atoms with E-state index in [2.05, 4.69) is 10.3 Å². The molecule has 0 aliphatic carbocycles. The van der Waals surface area contributed by atoms with Gasteiger partial charge in [0.15, 0.2) is 0 Å². The third-order valence-electron chi connectivity index (χ3n) is 3.88. The minimum atomic E-state index is -3.60. The van der Waals surface area contributed by atoms with Gasteiger partial charge in [-0.25, -0.2) is 8.42 Å². The van der Waals surface area contributed by atoms with Gasteiger partial charge in [-0.15, -0.1) is 0 Å². The largest absolute Gasteiger partial charge is 0.348 e. The van der Waals surface area contributed by atoms with Crippen molar-refractivity contribution in [3.63, 3.8) is 0 Å². The van der Waals surface area contributed by atoms with Crippen LogP contribution in [-0.4, -0.2) is 36.7 Å². The van der Waals surface area contributed by atoms with Crippen molar-refractivity contribution < 1.29 is 13.2 Å². The first-order chi connectivity index (χ1) is 12.5. The molecule has 0 aliphatic heterocycles. The second-order valence-electron chi connectivity index (χ2n) is 5.97. The molecule has 2 rings (SSSR count). The molecule has 7 heteroatoms. The number of hydrogen-bond acceptors (Lipinski definition) is 4. The van der Waals surface area contributed by atoms with Crippen LogP contribution in [0, 0.1) is 0 Å². The molecule has 0 atom stereocenters. The van der Waals surface area contributed by atoms with Crippen molar-refractivity contribution in [3.8, 4) is 0 Å². The van der Waals surface area contributed by atoms with Gasteiger partial charge >= 0.3 is 0 Å². The molecule has 140 valence electrons. The van der Waals surface area contributed by atoms with Crippen LogP contribution in [0.25, 0.3) is 0 Å². The van der Waals surface area contributed by atoms with Crippen molar-refractivity contribution >= 4 is 15.9 Å². The standard InChI is InChI=1S/C19H25N3O3S/c1-3-12-22(13-4-2)26(24,25)18-7-5-6-17(14-18)19(23)21-15-16-8-10-20-11-9-16/h5-11,14H,3-4,12-13,15H2,1-2H3,(H,21,23). The Kier molecular flexibility index (Phi) is 7.29. The number of amides is 1. The maximum Gasteiger partial charge on any atom is 0.251 e. The molecule has 1 N–H and O–H groups in total. The summed E-state index contributed by atoms with van der Waals surface area (Å²) in [5, 5.41) is 2.80. The van der Waals surface area contributed by atoms with Crippen LogP contribution in [0.1, 0.15) is 42.6 Å². The fourth-order valence-electron chi connectivity index (χ4n) is 2.58. The molecule has 1 aromatic carbocycles. The molecule has 0 aliphatic rings. The minimum absolute atomic E-state index is 0.149. The SMILES string of the molecule is CCCN(CCC)S(=O)(=O)c1cccc(C(=O)NCc2ccncc2)c1. The fraction of sp³-hybridized carbons (Fsp3) is 0.368. The van der Waals surface area contributed by atoms with Crippen LogP contribution in [0.5, 0.6) is 0 Å². The topological polar surface area (TPSA) is 79.4 Å². The highest BCUT2D eigenvalue weighted by molar-refractivity contribution is 7.89. The molecule has 0 saturated heterocycles. The average molecular weight is 375 g/mol. The minimum Gasteiger partial charge on any atom is -0.348 e. The van der Waals surface area contributed by atoms with Gasteiger partial charge in [0.1, 0.15) is 0 Å². The smallest absolute Gasteiger partial charge is 0.251 e. The molecule has 26 heavy (non-hydrogen) atoms. The molecule has 0 unspecified atom stereocenters. The number of carbonyl (C=O) groups excluding carboxylic acids is 1. The van der Waals surface area contributed by atoms with E-state index in [1.54, 1.807) is 24.5 Å². The van der Waals surface area contributed by atoms with Gasteiger partial charge in [0.25, 0.3) is 5.91 Å². The van der Waals surface area contributed by atoms with Crippen LogP contribution < -0.4 is 5.32 Å². The molecule has 2 aromatic rings. The van der Waals surface area contributed by atoms with E-state index in [1.807, 2.05) is 26.0 Å². The highest BCUT2D eigenvalue weighted by Gasteiger charge is 2.23. The van der Waals surface area contributed by atoms with Gasteiger partial charge in [-0.05, 0) is 48.7 Å². The average Bonchev–Trinajstić information content (AvgIpc) is 2.67. The molecule has 1 aromatic heterocycles. The van der Waals surface area contributed by atoms with E-state index >= 15 is 0 Å². The molecule has 0 spiro atoms. The number of hydrogen-bond donors (Lipinski definition) is 1. The molecule has 0 saturated carbocycles. The molecule has 0 radical (unpaired) electrons. The summed E-state index contributed by atoms with van der Waals surface area (Å²) in [6.45, 7) is 5.18. The second kappa shape index (κ2) is 9.45. The van der Waals surface area contributed by atoms with E-state index < -0.39 is 10.0 Å². The van der Waals surface area contributed by atoms with E-state index in [-0.39, 0.29) is 10.8 Å². The van der Waals surface area contributed by atoms with E-state index in [9.17, 15) is 13.2 Å². The summed E-state index contributed by atoms with van der Waals surface area (Å²) in [6.07, 6.45) is 4.80. The molecule has 0 bridgehead atoms. The molecule has 0 fully saturated rings. The predicted octanol–water partition coefficient (Wildman–Crippen LogP) is 2.82. The third-order valence-corrected chi connectivity index (χ3v) is 5.78. The number of nitrogens with one attached hydrogen (secondary N) is 1. The molecule has 6 nitrogen and oxygen atoms in total. The van der Waals surface area contributed by atoms with Crippen LogP contribution in [-0.2, 0) is 16.6 Å². The van der Waals surface area contributed by atoms with Gasteiger partial charge in [0, 0.05) is 37.6 Å². The van der Waals surface area contributed by atoms with Crippen molar-refractivity contribution in [2.24, 2.45) is 0 Å². The lowest BCUT2D eigenvalue weighted by atomic mass is 10.2. The van der Waals surface area contributed by atoms with Crippen LogP contribution >= 0.6 is 0 Å². The monoisotopic (exact) mass is 375 g/mol. The van der Waals surface area contributed by atoms with Gasteiger partial charge in [0.2, 0.25) is 10.0 Å². The Morgan fingerprint density at radius 1 is 1.08 bits per heavy atom. The van der Waals surface area contributed by atoms with Crippen molar-refractivity contribution in [1.82, 2.24) is 14.6 Å². The summed E-state index contributed by atoms with van der Waals surface area (Å²) in [7, 11) is -3.60. The van der Waals surface area contributed by atoms with Gasteiger partial charge < -0.3 is 5.32 Å². The summed E-state index contributed by atoms with van der Waals surface area (Å²) in [5.74, 6) is -0.309. The number of carbonyl (C=O) groups is 1. The number of pyridine rings is 1. The van der Waals surface area contributed by atoms with Crippen molar-refractivity contribution in [2.75, 3.05) is 13.1 Å². The quantitative estimate of drug-likeness (QED) is 0.731. The summed E-state index contributed by atoms with van der Waals surface area (Å²) >= 11 is 0. The van der Waals surface area contributed by atoms with Crippen LogP contribution in [0.2, 0.25) is 0 Å². The van der Waals surface area contributed by atoms with E-state index in [0.717, 1.165) is 18.4 Å². The maximum absolute atomic E-state index is 12.9. The second-order valence-corrected chi connectivity index (χ2v) is 7.91. The first kappa shape index (κ1) is 20.1. The highest BCUT2D eigenvalue weighted by atomic mass is 32.2. The predicted molar refractivity (Wildman–Crippen MR) is 101 cm³/mol. The molecule has 1 heterocycles. The van der Waals surface area contributed by atoms with Gasteiger partial charge in [-0.1, -0.05) is 19.9 Å². The summed E-state index contributed by atoms with van der Waals surface area (Å²) in [4.78, 5) is 16.5. The maximum atomic E-state index is 12.9. The highest BCUT2D eigenvalue weighted by Crippen LogP contribution is 2.18. The Morgan fingerprint density at radius 2 is 1.73 bits per heavy atom. The zero-order chi connectivity index (χ0) is 19.0. The number of aromatic nitrogens is 1. The Morgan fingerprint density at radius 3 is 2.35 bits per heavy atom.